The van der Waals surface area contributed by atoms with Crippen LogP contribution in [-0.4, -0.2) is 19.1 Å². The lowest BCUT2D eigenvalue weighted by molar-refractivity contribution is -0.140. The molecule has 3 heteroatoms. The van der Waals surface area contributed by atoms with E-state index in [-0.39, 0.29) is 12.0 Å². The largest absolute Gasteiger partial charge is 0.469 e. The minimum Gasteiger partial charge on any atom is -0.469 e. The number of carbonyl (C=O) groups is 1. The van der Waals surface area contributed by atoms with Crippen molar-refractivity contribution in [2.75, 3.05) is 7.11 Å². The van der Waals surface area contributed by atoms with Gasteiger partial charge in [-0.25, -0.2) is 0 Å². The van der Waals surface area contributed by atoms with E-state index in [0.717, 1.165) is 18.3 Å². The van der Waals surface area contributed by atoms with Crippen LogP contribution in [0.15, 0.2) is 0 Å². The van der Waals surface area contributed by atoms with Crippen molar-refractivity contribution >= 4 is 5.97 Å². The average molecular weight is 211 g/mol. The molecule has 15 heavy (non-hydrogen) atoms. The Kier molecular flexibility index (Phi) is 3.29. The molecule has 2 bridgehead atoms. The molecule has 2 N–H and O–H groups in total. The Morgan fingerprint density at radius 3 is 2.80 bits per heavy atom. The van der Waals surface area contributed by atoms with Crippen LogP contribution in [-0.2, 0) is 9.53 Å². The number of esters is 1. The highest BCUT2D eigenvalue weighted by molar-refractivity contribution is 5.69. The van der Waals surface area contributed by atoms with Crippen LogP contribution < -0.4 is 5.73 Å². The molecule has 2 aliphatic rings. The third kappa shape index (κ3) is 2.33. The fourth-order valence-electron chi connectivity index (χ4n) is 3.42. The van der Waals surface area contributed by atoms with Gasteiger partial charge in [0.15, 0.2) is 0 Å². The summed E-state index contributed by atoms with van der Waals surface area (Å²) in [5.74, 6) is 2.33. The number of fused-ring (bicyclic) bond motifs is 2. The number of hydrogen-bond donors (Lipinski definition) is 1. The molecule has 4 unspecified atom stereocenters. The van der Waals surface area contributed by atoms with Gasteiger partial charge in [-0.2, -0.15) is 0 Å². The van der Waals surface area contributed by atoms with Crippen molar-refractivity contribution in [3.8, 4) is 0 Å². The third-order valence-electron chi connectivity index (χ3n) is 4.25. The molecular formula is C12H21NO2. The summed E-state index contributed by atoms with van der Waals surface area (Å²) in [4.78, 5) is 11.0. The zero-order chi connectivity index (χ0) is 10.8. The molecule has 2 rings (SSSR count). The second-order valence-electron chi connectivity index (χ2n) is 5.12. The minimum atomic E-state index is -0.131. The summed E-state index contributed by atoms with van der Waals surface area (Å²) in [6.45, 7) is 0. The first-order chi connectivity index (χ1) is 7.20. The Morgan fingerprint density at radius 2 is 2.27 bits per heavy atom. The van der Waals surface area contributed by atoms with E-state index in [2.05, 4.69) is 4.74 Å². The van der Waals surface area contributed by atoms with E-state index in [4.69, 9.17) is 5.73 Å². The highest BCUT2D eigenvalue weighted by Gasteiger charge is 2.41. The van der Waals surface area contributed by atoms with E-state index in [1.165, 1.54) is 32.8 Å². The lowest BCUT2D eigenvalue weighted by atomic mass is 9.82. The first-order valence-corrected chi connectivity index (χ1v) is 6.03. The summed E-state index contributed by atoms with van der Waals surface area (Å²) < 4.78 is 4.63. The molecule has 2 fully saturated rings. The van der Waals surface area contributed by atoms with Crippen molar-refractivity contribution in [1.29, 1.82) is 0 Å². The molecule has 0 aromatic heterocycles. The Morgan fingerprint density at radius 1 is 1.47 bits per heavy atom. The number of nitrogens with two attached hydrogens (primary N) is 1. The Balaban J connectivity index is 1.76. The highest BCUT2D eigenvalue weighted by Crippen LogP contribution is 2.49. The second kappa shape index (κ2) is 4.52. The Labute approximate surface area is 91.4 Å². The second-order valence-corrected chi connectivity index (χ2v) is 5.12. The van der Waals surface area contributed by atoms with Crippen LogP contribution in [0.5, 0.6) is 0 Å². The van der Waals surface area contributed by atoms with E-state index < -0.39 is 0 Å². The molecule has 0 heterocycles. The quantitative estimate of drug-likeness (QED) is 0.720. The SMILES string of the molecule is COC(=O)CCC(N)C1CC2CCC1C2. The maximum atomic E-state index is 11.0. The van der Waals surface area contributed by atoms with Crippen LogP contribution >= 0.6 is 0 Å². The van der Waals surface area contributed by atoms with Crippen molar-refractivity contribution in [1.82, 2.24) is 0 Å². The molecule has 0 spiro atoms. The monoisotopic (exact) mass is 211 g/mol. The summed E-state index contributed by atoms with van der Waals surface area (Å²) in [6.07, 6.45) is 6.72. The van der Waals surface area contributed by atoms with Gasteiger partial charge in [-0.15, -0.1) is 0 Å². The van der Waals surface area contributed by atoms with Gasteiger partial charge in [0.25, 0.3) is 0 Å². The summed E-state index contributed by atoms with van der Waals surface area (Å²) in [6, 6.07) is 0.208. The Bertz CT molecular complexity index is 242. The first kappa shape index (κ1) is 10.9. The number of methoxy groups -OCH3 is 1. The average Bonchev–Trinajstić information content (AvgIpc) is 2.86. The van der Waals surface area contributed by atoms with Gasteiger partial charge in [0.2, 0.25) is 0 Å². The molecule has 3 nitrogen and oxygen atoms in total. The molecule has 0 amide bonds. The summed E-state index contributed by atoms with van der Waals surface area (Å²) in [5, 5.41) is 0. The summed E-state index contributed by atoms with van der Waals surface area (Å²) >= 11 is 0. The lowest BCUT2D eigenvalue weighted by Gasteiger charge is -2.27. The van der Waals surface area contributed by atoms with Crippen molar-refractivity contribution in [2.24, 2.45) is 23.5 Å². The zero-order valence-electron chi connectivity index (χ0n) is 9.45. The maximum Gasteiger partial charge on any atom is 0.305 e. The maximum absolute atomic E-state index is 11.0. The smallest absolute Gasteiger partial charge is 0.305 e. The molecule has 0 aromatic carbocycles. The predicted molar refractivity (Wildman–Crippen MR) is 58.2 cm³/mol. The van der Waals surface area contributed by atoms with Crippen LogP contribution in [0.2, 0.25) is 0 Å². The molecule has 2 saturated carbocycles. The number of ether oxygens (including phenoxy) is 1. The van der Waals surface area contributed by atoms with Gasteiger partial charge in [0.1, 0.15) is 0 Å². The van der Waals surface area contributed by atoms with Gasteiger partial charge in [-0.3, -0.25) is 4.79 Å². The first-order valence-electron chi connectivity index (χ1n) is 6.03. The molecule has 0 saturated heterocycles. The van der Waals surface area contributed by atoms with E-state index in [1.807, 2.05) is 0 Å². The standard InChI is InChI=1S/C12H21NO2/c1-15-12(14)5-4-11(13)10-7-8-2-3-9(10)6-8/h8-11H,2-7,13H2,1H3. The van der Waals surface area contributed by atoms with E-state index in [1.54, 1.807) is 0 Å². The molecule has 0 aromatic rings. The Hall–Kier alpha value is -0.570. The van der Waals surface area contributed by atoms with Crippen molar-refractivity contribution < 1.29 is 9.53 Å². The van der Waals surface area contributed by atoms with E-state index in [0.29, 0.717) is 12.3 Å². The van der Waals surface area contributed by atoms with Crippen LogP contribution in [0, 0.1) is 17.8 Å². The van der Waals surface area contributed by atoms with Gasteiger partial charge < -0.3 is 10.5 Å². The van der Waals surface area contributed by atoms with Crippen LogP contribution in [0.4, 0.5) is 0 Å². The fourth-order valence-corrected chi connectivity index (χ4v) is 3.42. The molecule has 86 valence electrons. The van der Waals surface area contributed by atoms with Gasteiger partial charge >= 0.3 is 5.97 Å². The number of rotatable bonds is 4. The zero-order valence-corrected chi connectivity index (χ0v) is 9.45. The molecule has 0 aliphatic heterocycles. The molecule has 0 radical (unpaired) electrons. The van der Waals surface area contributed by atoms with Crippen molar-refractivity contribution in [2.45, 2.75) is 44.6 Å². The van der Waals surface area contributed by atoms with Crippen molar-refractivity contribution in [3.63, 3.8) is 0 Å². The topological polar surface area (TPSA) is 52.3 Å². The lowest BCUT2D eigenvalue weighted by Crippen LogP contribution is -2.34. The molecule has 4 atom stereocenters. The summed E-state index contributed by atoms with van der Waals surface area (Å²) in [5.41, 5.74) is 6.16. The van der Waals surface area contributed by atoms with Crippen molar-refractivity contribution in [3.05, 3.63) is 0 Å². The molecule has 2 aliphatic carbocycles. The summed E-state index contributed by atoms with van der Waals surface area (Å²) in [7, 11) is 1.44. The van der Waals surface area contributed by atoms with E-state index >= 15 is 0 Å². The highest BCUT2D eigenvalue weighted by atomic mass is 16.5. The van der Waals surface area contributed by atoms with Crippen LogP contribution in [0.1, 0.15) is 38.5 Å². The van der Waals surface area contributed by atoms with Gasteiger partial charge in [-0.1, -0.05) is 6.42 Å². The van der Waals surface area contributed by atoms with Crippen LogP contribution in [0.25, 0.3) is 0 Å². The van der Waals surface area contributed by atoms with Gasteiger partial charge in [0.05, 0.1) is 7.11 Å². The predicted octanol–water partition coefficient (Wildman–Crippen LogP) is 1.70. The molecular weight excluding hydrogens is 190 g/mol. The minimum absolute atomic E-state index is 0.131. The van der Waals surface area contributed by atoms with E-state index in [9.17, 15) is 4.79 Å². The fraction of sp³-hybridized carbons (Fsp3) is 0.917. The van der Waals surface area contributed by atoms with Gasteiger partial charge in [-0.05, 0) is 43.4 Å². The number of carbonyl (C=O) groups excluding carboxylic acids is 1. The normalized spacial score (nSPS) is 35.5. The number of hydrogen-bond acceptors (Lipinski definition) is 3. The third-order valence-corrected chi connectivity index (χ3v) is 4.25. The van der Waals surface area contributed by atoms with Crippen LogP contribution in [0.3, 0.4) is 0 Å². The van der Waals surface area contributed by atoms with Gasteiger partial charge in [0, 0.05) is 12.5 Å².